The first-order chi connectivity index (χ1) is 17.5. The van der Waals surface area contributed by atoms with Crippen molar-refractivity contribution in [2.45, 2.75) is 55.9 Å². The summed E-state index contributed by atoms with van der Waals surface area (Å²) in [5.74, 6) is -0.687. The van der Waals surface area contributed by atoms with Crippen molar-refractivity contribution >= 4 is 17.6 Å². The maximum atomic E-state index is 13.6. The maximum absolute atomic E-state index is 13.6. The Morgan fingerprint density at radius 1 is 1.06 bits per heavy atom. The number of carbonyl (C=O) groups is 2. The van der Waals surface area contributed by atoms with Crippen molar-refractivity contribution in [3.8, 4) is 0 Å². The van der Waals surface area contributed by atoms with Crippen LogP contribution in [0.1, 0.15) is 31.2 Å². The molecule has 2 N–H and O–H groups in total. The van der Waals surface area contributed by atoms with Crippen LogP contribution in [0.5, 0.6) is 0 Å². The van der Waals surface area contributed by atoms with E-state index >= 15 is 0 Å². The molecule has 190 valence electrons. The van der Waals surface area contributed by atoms with E-state index in [-0.39, 0.29) is 18.0 Å². The summed E-state index contributed by atoms with van der Waals surface area (Å²) in [6.45, 7) is 1.88. The second-order valence-corrected chi connectivity index (χ2v) is 10.1. The van der Waals surface area contributed by atoms with Gasteiger partial charge in [0.25, 0.3) is 5.91 Å². The second-order valence-electron chi connectivity index (χ2n) is 10.1. The largest absolute Gasteiger partial charge is 0.466 e. The highest BCUT2D eigenvalue weighted by Gasteiger charge is 2.60. The van der Waals surface area contributed by atoms with E-state index in [2.05, 4.69) is 34.7 Å². The summed E-state index contributed by atoms with van der Waals surface area (Å²) >= 11 is 0. The third-order valence-electron chi connectivity index (χ3n) is 7.79. The summed E-state index contributed by atoms with van der Waals surface area (Å²) in [4.78, 5) is 29.2. The molecule has 3 atom stereocenters. The number of benzene rings is 2. The molecule has 0 spiro atoms. The van der Waals surface area contributed by atoms with E-state index in [9.17, 15) is 9.59 Å². The summed E-state index contributed by atoms with van der Waals surface area (Å²) in [6, 6.07) is 19.9. The van der Waals surface area contributed by atoms with Gasteiger partial charge in [-0.2, -0.15) is 0 Å². The Labute approximate surface area is 212 Å². The lowest BCUT2D eigenvalue weighted by Crippen LogP contribution is -2.51. The molecule has 3 aliphatic heterocycles. The lowest BCUT2D eigenvalue weighted by atomic mass is 9.75. The fraction of sp³-hybridized carbons (Fsp3) is 0.448. The highest BCUT2D eigenvalue weighted by molar-refractivity contribution is 6.06. The summed E-state index contributed by atoms with van der Waals surface area (Å²) < 4.78 is 11.9. The number of hydrogen-bond donors (Lipinski definition) is 2. The minimum Gasteiger partial charge on any atom is -0.466 e. The number of nitrogens with one attached hydrogen (secondary N) is 2. The lowest BCUT2D eigenvalue weighted by molar-refractivity contribution is -0.138. The third kappa shape index (κ3) is 4.77. The number of ether oxygens (including phenoxy) is 2. The number of para-hydroxylation sites is 1. The number of hydrogen-bond acceptors (Lipinski definition) is 6. The minimum atomic E-state index is -0.955. The van der Waals surface area contributed by atoms with Crippen molar-refractivity contribution < 1.29 is 19.1 Å². The molecule has 0 saturated carbocycles. The van der Waals surface area contributed by atoms with Crippen LogP contribution in [0, 0.1) is 0 Å². The van der Waals surface area contributed by atoms with Gasteiger partial charge in [0.15, 0.2) is 0 Å². The molecule has 2 saturated heterocycles. The van der Waals surface area contributed by atoms with E-state index in [0.717, 1.165) is 37.2 Å². The molecule has 3 aliphatic rings. The minimum absolute atomic E-state index is 0.0951. The Balaban J connectivity index is 1.51. The fourth-order valence-electron chi connectivity index (χ4n) is 5.90. The van der Waals surface area contributed by atoms with Gasteiger partial charge < -0.3 is 25.0 Å². The Morgan fingerprint density at radius 3 is 2.39 bits per heavy atom. The van der Waals surface area contributed by atoms with Crippen LogP contribution in [-0.2, 0) is 25.5 Å². The molecular formula is C29H35N3O4. The molecule has 7 heteroatoms. The van der Waals surface area contributed by atoms with Crippen LogP contribution < -0.4 is 10.6 Å². The number of amides is 1. The summed E-state index contributed by atoms with van der Waals surface area (Å²) in [5, 5.41) is 6.84. The summed E-state index contributed by atoms with van der Waals surface area (Å²) in [7, 11) is 3.47. The zero-order chi connectivity index (χ0) is 25.1. The first kappa shape index (κ1) is 24.5. The van der Waals surface area contributed by atoms with Gasteiger partial charge in [-0.15, -0.1) is 0 Å². The van der Waals surface area contributed by atoms with Gasteiger partial charge in [-0.25, -0.2) is 4.79 Å². The van der Waals surface area contributed by atoms with Crippen molar-refractivity contribution in [1.82, 2.24) is 10.2 Å². The zero-order valence-electron chi connectivity index (χ0n) is 21.0. The fourth-order valence-corrected chi connectivity index (χ4v) is 5.90. The molecule has 3 heterocycles. The topological polar surface area (TPSA) is 79.9 Å². The standard InChI is InChI=1S/C29H35N3O4/c1-32-17-14-22(15-18-32)31-27(33)25-23-13-16-29(36-23,26(25)28(34)35-2)24(19-20-9-5-3-6-10-20)30-21-11-7-4-8-12-21/h3-12,22-24,30H,13-19H2,1-2H3,(H,31,33). The van der Waals surface area contributed by atoms with Crippen LogP contribution in [0.4, 0.5) is 5.69 Å². The van der Waals surface area contributed by atoms with Gasteiger partial charge in [-0.3, -0.25) is 4.79 Å². The number of fused-ring (bicyclic) bond motifs is 2. The number of methoxy groups -OCH3 is 1. The molecule has 2 fully saturated rings. The van der Waals surface area contributed by atoms with Crippen LogP contribution in [-0.4, -0.2) is 67.8 Å². The molecule has 2 aromatic carbocycles. The van der Waals surface area contributed by atoms with Crippen LogP contribution in [0.25, 0.3) is 0 Å². The number of rotatable bonds is 8. The van der Waals surface area contributed by atoms with E-state index in [1.54, 1.807) is 0 Å². The number of nitrogens with zero attached hydrogens (tertiary/aromatic N) is 1. The molecule has 2 aromatic rings. The summed E-state index contributed by atoms with van der Waals surface area (Å²) in [5.41, 5.74) is 1.92. The van der Waals surface area contributed by atoms with Gasteiger partial charge in [-0.1, -0.05) is 48.5 Å². The van der Waals surface area contributed by atoms with Gasteiger partial charge in [0.05, 0.1) is 30.4 Å². The SMILES string of the molecule is COC(=O)C1=C(C(=O)NC2CCN(C)CC2)C2CCC1(C(Cc1ccccc1)Nc1ccccc1)O2. The van der Waals surface area contributed by atoms with Crippen molar-refractivity contribution in [2.24, 2.45) is 0 Å². The number of likely N-dealkylation sites (tertiary alicyclic amines) is 1. The lowest BCUT2D eigenvalue weighted by Gasteiger charge is -2.37. The number of carbonyl (C=O) groups excluding carboxylic acids is 2. The van der Waals surface area contributed by atoms with Crippen LogP contribution in [0.2, 0.25) is 0 Å². The normalized spacial score (nSPS) is 25.0. The molecule has 2 bridgehead atoms. The van der Waals surface area contributed by atoms with Crippen LogP contribution in [0.15, 0.2) is 71.8 Å². The summed E-state index contributed by atoms with van der Waals surface area (Å²) in [6.07, 6.45) is 3.34. The molecular weight excluding hydrogens is 454 g/mol. The Kier molecular flexibility index (Phi) is 7.12. The molecule has 1 amide bonds. The van der Waals surface area contributed by atoms with E-state index in [0.29, 0.717) is 30.4 Å². The molecule has 5 rings (SSSR count). The van der Waals surface area contributed by atoms with Crippen molar-refractivity contribution in [3.63, 3.8) is 0 Å². The smallest absolute Gasteiger partial charge is 0.337 e. The maximum Gasteiger partial charge on any atom is 0.337 e. The first-order valence-electron chi connectivity index (χ1n) is 12.9. The molecule has 7 nitrogen and oxygen atoms in total. The van der Waals surface area contributed by atoms with E-state index in [1.165, 1.54) is 7.11 Å². The molecule has 0 aromatic heterocycles. The van der Waals surface area contributed by atoms with E-state index in [1.807, 2.05) is 48.5 Å². The molecule has 36 heavy (non-hydrogen) atoms. The average molecular weight is 490 g/mol. The zero-order valence-corrected chi connectivity index (χ0v) is 21.0. The van der Waals surface area contributed by atoms with Gasteiger partial charge in [0.1, 0.15) is 5.60 Å². The second kappa shape index (κ2) is 10.4. The molecule has 0 aliphatic carbocycles. The van der Waals surface area contributed by atoms with E-state index < -0.39 is 17.7 Å². The third-order valence-corrected chi connectivity index (χ3v) is 7.79. The highest BCUT2D eigenvalue weighted by atomic mass is 16.5. The molecule has 3 unspecified atom stereocenters. The first-order valence-corrected chi connectivity index (χ1v) is 12.9. The van der Waals surface area contributed by atoms with Crippen LogP contribution in [0.3, 0.4) is 0 Å². The Hall–Kier alpha value is -3.16. The predicted molar refractivity (Wildman–Crippen MR) is 139 cm³/mol. The van der Waals surface area contributed by atoms with Crippen molar-refractivity contribution in [1.29, 1.82) is 0 Å². The number of esters is 1. The quantitative estimate of drug-likeness (QED) is 0.554. The monoisotopic (exact) mass is 489 g/mol. The van der Waals surface area contributed by atoms with Crippen LogP contribution >= 0.6 is 0 Å². The van der Waals surface area contributed by atoms with Gasteiger partial charge in [0, 0.05) is 11.7 Å². The Bertz CT molecular complexity index is 1070. The average Bonchev–Trinajstić information content (AvgIpc) is 3.49. The van der Waals surface area contributed by atoms with Crippen molar-refractivity contribution in [2.75, 3.05) is 32.6 Å². The number of piperidine rings is 1. The van der Waals surface area contributed by atoms with Gasteiger partial charge in [0.2, 0.25) is 0 Å². The van der Waals surface area contributed by atoms with Gasteiger partial charge >= 0.3 is 5.97 Å². The highest BCUT2D eigenvalue weighted by Crippen LogP contribution is 2.51. The van der Waals surface area contributed by atoms with E-state index in [4.69, 9.17) is 9.47 Å². The molecule has 0 radical (unpaired) electrons. The van der Waals surface area contributed by atoms with Crippen molar-refractivity contribution in [3.05, 3.63) is 77.4 Å². The predicted octanol–water partition coefficient (Wildman–Crippen LogP) is 3.32. The van der Waals surface area contributed by atoms with Gasteiger partial charge in [-0.05, 0) is 69.9 Å². The number of anilines is 1. The Morgan fingerprint density at radius 2 is 1.72 bits per heavy atom.